The fraction of sp³-hybridized carbons (Fsp3) is 0.474. The molecule has 2 heterocycles. The minimum absolute atomic E-state index is 0.269. The van der Waals surface area contributed by atoms with Gasteiger partial charge in [-0.3, -0.25) is 4.90 Å². The van der Waals surface area contributed by atoms with Crippen LogP contribution in [0.1, 0.15) is 19.3 Å². The monoisotopic (exact) mass is 329 g/mol. The fourth-order valence-electron chi connectivity index (χ4n) is 3.43. The molecular formula is C19H24FN3O. The van der Waals surface area contributed by atoms with Crippen LogP contribution < -0.4 is 10.1 Å². The largest absolute Gasteiger partial charge is 0.467 e. The Balaban J connectivity index is 1.36. The molecule has 2 fully saturated rings. The molecule has 2 aliphatic heterocycles. The van der Waals surface area contributed by atoms with Crippen LogP contribution >= 0.6 is 0 Å². The van der Waals surface area contributed by atoms with Crippen LogP contribution in [0.2, 0.25) is 0 Å². The SMILES string of the molecule is Fc1cccc(OC2C=CC=C(N3CCCN(C4CC4)CC3)N2)c1. The van der Waals surface area contributed by atoms with Crippen molar-refractivity contribution in [1.82, 2.24) is 15.1 Å². The van der Waals surface area contributed by atoms with Crippen LogP contribution in [0.4, 0.5) is 4.39 Å². The van der Waals surface area contributed by atoms with E-state index in [1.54, 1.807) is 12.1 Å². The van der Waals surface area contributed by atoms with Gasteiger partial charge < -0.3 is 15.0 Å². The molecule has 4 nitrogen and oxygen atoms in total. The third kappa shape index (κ3) is 3.73. The standard InChI is InChI=1S/C19H24FN3O/c20-15-4-1-5-17(14-15)24-19-7-2-6-18(21-19)23-11-3-10-22(12-13-23)16-8-9-16/h1-2,4-7,14,16,19,21H,3,8-13H2. The number of dihydropyridines is 1. The maximum Gasteiger partial charge on any atom is 0.190 e. The average molecular weight is 329 g/mol. The zero-order valence-electron chi connectivity index (χ0n) is 13.8. The molecule has 1 aromatic rings. The molecule has 0 aromatic heterocycles. The Bertz CT molecular complexity index is 641. The second-order valence-electron chi connectivity index (χ2n) is 6.68. The molecule has 1 aromatic carbocycles. The van der Waals surface area contributed by atoms with Crippen molar-refractivity contribution in [3.8, 4) is 5.75 Å². The summed E-state index contributed by atoms with van der Waals surface area (Å²) in [4.78, 5) is 5.02. The fourth-order valence-corrected chi connectivity index (χ4v) is 3.43. The molecule has 1 N–H and O–H groups in total. The molecule has 1 saturated carbocycles. The molecule has 128 valence electrons. The van der Waals surface area contributed by atoms with Crippen molar-refractivity contribution in [2.75, 3.05) is 26.2 Å². The summed E-state index contributed by atoms with van der Waals surface area (Å²) in [5.74, 6) is 1.35. The third-order valence-electron chi connectivity index (χ3n) is 4.82. The molecule has 0 amide bonds. The molecule has 0 spiro atoms. The second kappa shape index (κ2) is 6.85. The summed E-state index contributed by atoms with van der Waals surface area (Å²) in [6, 6.07) is 7.10. The van der Waals surface area contributed by atoms with Gasteiger partial charge in [-0.25, -0.2) is 4.39 Å². The lowest BCUT2D eigenvalue weighted by molar-refractivity contribution is 0.193. The van der Waals surface area contributed by atoms with E-state index >= 15 is 0 Å². The highest BCUT2D eigenvalue weighted by atomic mass is 19.1. The van der Waals surface area contributed by atoms with E-state index < -0.39 is 0 Å². The number of nitrogens with zero attached hydrogens (tertiary/aromatic N) is 2. The highest BCUT2D eigenvalue weighted by Crippen LogP contribution is 2.28. The molecule has 1 saturated heterocycles. The molecule has 1 unspecified atom stereocenters. The highest BCUT2D eigenvalue weighted by Gasteiger charge is 2.30. The predicted molar refractivity (Wildman–Crippen MR) is 92.0 cm³/mol. The summed E-state index contributed by atoms with van der Waals surface area (Å²) in [6.07, 6.45) is 9.71. The Morgan fingerprint density at radius 1 is 1.12 bits per heavy atom. The minimum Gasteiger partial charge on any atom is -0.467 e. The van der Waals surface area contributed by atoms with E-state index in [2.05, 4.69) is 21.2 Å². The first-order valence-corrected chi connectivity index (χ1v) is 8.84. The van der Waals surface area contributed by atoms with Crippen molar-refractivity contribution >= 4 is 0 Å². The van der Waals surface area contributed by atoms with E-state index in [4.69, 9.17) is 4.74 Å². The number of hydrogen-bond donors (Lipinski definition) is 1. The number of halogens is 1. The van der Waals surface area contributed by atoms with Gasteiger partial charge in [0, 0.05) is 38.3 Å². The molecule has 3 aliphatic rings. The van der Waals surface area contributed by atoms with Crippen LogP contribution in [0.5, 0.6) is 5.75 Å². The maximum atomic E-state index is 13.3. The summed E-state index contributed by atoms with van der Waals surface area (Å²) < 4.78 is 19.1. The van der Waals surface area contributed by atoms with Crippen molar-refractivity contribution < 1.29 is 9.13 Å². The van der Waals surface area contributed by atoms with Crippen LogP contribution in [0, 0.1) is 5.82 Å². The summed E-state index contributed by atoms with van der Waals surface area (Å²) in [5.41, 5.74) is 0. The van der Waals surface area contributed by atoms with Gasteiger partial charge in [-0.15, -0.1) is 0 Å². The maximum absolute atomic E-state index is 13.3. The van der Waals surface area contributed by atoms with Gasteiger partial charge in [0.05, 0.1) is 0 Å². The van der Waals surface area contributed by atoms with Gasteiger partial charge in [0.1, 0.15) is 17.4 Å². The number of nitrogens with one attached hydrogen (secondary N) is 1. The van der Waals surface area contributed by atoms with Crippen LogP contribution in [-0.2, 0) is 0 Å². The van der Waals surface area contributed by atoms with E-state index in [1.165, 1.54) is 37.9 Å². The van der Waals surface area contributed by atoms with Gasteiger partial charge >= 0.3 is 0 Å². The van der Waals surface area contributed by atoms with E-state index in [0.717, 1.165) is 31.5 Å². The lowest BCUT2D eigenvalue weighted by Gasteiger charge is -2.31. The summed E-state index contributed by atoms with van der Waals surface area (Å²) in [6.45, 7) is 4.43. The molecule has 5 heteroatoms. The summed E-state index contributed by atoms with van der Waals surface area (Å²) >= 11 is 0. The zero-order chi connectivity index (χ0) is 16.4. The van der Waals surface area contributed by atoms with E-state index in [-0.39, 0.29) is 12.0 Å². The molecule has 24 heavy (non-hydrogen) atoms. The van der Waals surface area contributed by atoms with E-state index in [0.29, 0.717) is 5.75 Å². The normalized spacial score (nSPS) is 25.0. The summed E-state index contributed by atoms with van der Waals surface area (Å²) in [7, 11) is 0. The number of allylic oxidation sites excluding steroid dienone is 2. The first-order valence-electron chi connectivity index (χ1n) is 8.84. The highest BCUT2D eigenvalue weighted by molar-refractivity contribution is 5.25. The van der Waals surface area contributed by atoms with E-state index in [1.807, 2.05) is 12.2 Å². The molecule has 1 atom stereocenters. The molecular weight excluding hydrogens is 305 g/mol. The van der Waals surface area contributed by atoms with Crippen molar-refractivity contribution in [2.24, 2.45) is 0 Å². The summed E-state index contributed by atoms with van der Waals surface area (Å²) in [5, 5.41) is 3.42. The lowest BCUT2D eigenvalue weighted by atomic mass is 10.3. The smallest absolute Gasteiger partial charge is 0.190 e. The Kier molecular flexibility index (Phi) is 4.43. The molecule has 0 radical (unpaired) electrons. The average Bonchev–Trinajstić information content (AvgIpc) is 3.41. The predicted octanol–water partition coefficient (Wildman–Crippen LogP) is 2.70. The number of hydrogen-bond acceptors (Lipinski definition) is 4. The van der Waals surface area contributed by atoms with Gasteiger partial charge in [-0.2, -0.15) is 0 Å². The van der Waals surface area contributed by atoms with Gasteiger partial charge in [0.2, 0.25) is 0 Å². The van der Waals surface area contributed by atoms with Crippen molar-refractivity contribution in [1.29, 1.82) is 0 Å². The van der Waals surface area contributed by atoms with Crippen molar-refractivity contribution in [3.63, 3.8) is 0 Å². The van der Waals surface area contributed by atoms with Crippen molar-refractivity contribution in [2.45, 2.75) is 31.5 Å². The first-order chi connectivity index (χ1) is 11.8. The van der Waals surface area contributed by atoms with Gasteiger partial charge in [-0.05, 0) is 43.5 Å². The van der Waals surface area contributed by atoms with Gasteiger partial charge in [0.15, 0.2) is 6.23 Å². The number of ether oxygens (including phenoxy) is 1. The van der Waals surface area contributed by atoms with Gasteiger partial charge in [-0.1, -0.05) is 12.1 Å². The van der Waals surface area contributed by atoms with Crippen LogP contribution in [0.25, 0.3) is 0 Å². The Labute approximate surface area is 142 Å². The van der Waals surface area contributed by atoms with Gasteiger partial charge in [0.25, 0.3) is 0 Å². The Morgan fingerprint density at radius 2 is 2.04 bits per heavy atom. The zero-order valence-corrected chi connectivity index (χ0v) is 13.8. The van der Waals surface area contributed by atoms with E-state index in [9.17, 15) is 4.39 Å². The van der Waals surface area contributed by atoms with Crippen LogP contribution in [-0.4, -0.2) is 48.2 Å². The Hall–Kier alpha value is -2.01. The molecule has 0 bridgehead atoms. The number of rotatable bonds is 4. The van der Waals surface area contributed by atoms with Crippen molar-refractivity contribution in [3.05, 3.63) is 54.1 Å². The third-order valence-corrected chi connectivity index (χ3v) is 4.82. The topological polar surface area (TPSA) is 27.7 Å². The molecule has 1 aliphatic carbocycles. The minimum atomic E-state index is -0.282. The van der Waals surface area contributed by atoms with Crippen LogP contribution in [0.15, 0.2) is 48.3 Å². The first kappa shape index (κ1) is 15.5. The van der Waals surface area contributed by atoms with Crippen LogP contribution in [0.3, 0.4) is 0 Å². The Morgan fingerprint density at radius 3 is 2.88 bits per heavy atom. The lowest BCUT2D eigenvalue weighted by Crippen LogP contribution is -2.42. The second-order valence-corrected chi connectivity index (χ2v) is 6.68. The quantitative estimate of drug-likeness (QED) is 0.919. The molecule has 4 rings (SSSR count). The number of benzene rings is 1.